The minimum Gasteiger partial charge on any atom is -0.351 e. The van der Waals surface area contributed by atoms with Crippen LogP contribution in [0.2, 0.25) is 0 Å². The number of carbonyl (C=O) groups excluding carboxylic acids is 2. The van der Waals surface area contributed by atoms with Crippen LogP contribution in [0.25, 0.3) is 11.3 Å². The zero-order valence-corrected chi connectivity index (χ0v) is 18.1. The van der Waals surface area contributed by atoms with Crippen LogP contribution >= 0.6 is 11.3 Å². The summed E-state index contributed by atoms with van der Waals surface area (Å²) in [5.41, 5.74) is 3.88. The highest BCUT2D eigenvalue weighted by atomic mass is 32.1. The van der Waals surface area contributed by atoms with Gasteiger partial charge in [-0.05, 0) is 36.8 Å². The summed E-state index contributed by atoms with van der Waals surface area (Å²) in [5.74, 6) is -0.0670. The average molecular weight is 425 g/mol. The molecule has 3 rings (SSSR count). The van der Waals surface area contributed by atoms with E-state index >= 15 is 0 Å². The lowest BCUT2D eigenvalue weighted by atomic mass is 10.1. The molecule has 6 nitrogen and oxygen atoms in total. The molecular weight excluding hydrogens is 396 g/mol. The maximum Gasteiger partial charge on any atom is 0.252 e. The van der Waals surface area contributed by atoms with Crippen LogP contribution in [0, 0.1) is 0 Å². The van der Waals surface area contributed by atoms with Crippen LogP contribution in [0.5, 0.6) is 0 Å². The summed E-state index contributed by atoms with van der Waals surface area (Å²) in [6.45, 7) is 1.09. The number of H-pyrrole nitrogens is 1. The first-order chi connectivity index (χ1) is 14.6. The smallest absolute Gasteiger partial charge is 0.252 e. The van der Waals surface area contributed by atoms with Crippen LogP contribution in [0.1, 0.15) is 41.7 Å². The van der Waals surface area contributed by atoms with Gasteiger partial charge in [-0.25, -0.2) is 0 Å². The maximum absolute atomic E-state index is 12.2. The molecule has 3 aromatic rings. The van der Waals surface area contributed by atoms with Gasteiger partial charge in [0.25, 0.3) is 5.91 Å². The third kappa shape index (κ3) is 6.56. The summed E-state index contributed by atoms with van der Waals surface area (Å²) in [4.78, 5) is 25.8. The molecule has 2 amide bonds. The topological polar surface area (TPSA) is 78.1 Å². The summed E-state index contributed by atoms with van der Waals surface area (Å²) in [5, 5.41) is 14.0. The molecule has 0 fully saturated rings. The molecule has 2 aromatic heterocycles. The van der Waals surface area contributed by atoms with Crippen LogP contribution in [0.15, 0.2) is 53.2 Å². The summed E-state index contributed by atoms with van der Waals surface area (Å²) in [6.07, 6.45) is 4.33. The Labute approximate surface area is 181 Å². The molecule has 0 atom stereocenters. The van der Waals surface area contributed by atoms with Gasteiger partial charge in [0.1, 0.15) is 0 Å². The fraction of sp³-hybridized carbons (Fsp3) is 0.348. The fourth-order valence-corrected chi connectivity index (χ4v) is 3.82. The van der Waals surface area contributed by atoms with E-state index in [1.807, 2.05) is 30.6 Å². The average Bonchev–Trinajstić information content (AvgIpc) is 3.46. The Morgan fingerprint density at radius 3 is 2.73 bits per heavy atom. The van der Waals surface area contributed by atoms with Gasteiger partial charge in [-0.15, -0.1) is 0 Å². The number of thiophene rings is 1. The minimum atomic E-state index is -0.124. The molecule has 0 bridgehead atoms. The van der Waals surface area contributed by atoms with Crippen LogP contribution in [-0.2, 0) is 11.2 Å². The van der Waals surface area contributed by atoms with Crippen molar-refractivity contribution >= 4 is 23.2 Å². The van der Waals surface area contributed by atoms with Gasteiger partial charge >= 0.3 is 0 Å². The van der Waals surface area contributed by atoms with Crippen molar-refractivity contribution < 1.29 is 9.59 Å². The van der Waals surface area contributed by atoms with Crippen molar-refractivity contribution in [3.8, 4) is 11.3 Å². The number of aryl methyl sites for hydroxylation is 1. The first-order valence-electron chi connectivity index (χ1n) is 10.3. The molecule has 0 radical (unpaired) electrons. The minimum absolute atomic E-state index is 0.0571. The zero-order chi connectivity index (χ0) is 21.2. The number of nitrogens with zero attached hydrogens (tertiary/aromatic N) is 2. The lowest BCUT2D eigenvalue weighted by Crippen LogP contribution is -2.32. The van der Waals surface area contributed by atoms with Gasteiger partial charge in [0.15, 0.2) is 0 Å². The van der Waals surface area contributed by atoms with Gasteiger partial charge in [0, 0.05) is 48.8 Å². The van der Waals surface area contributed by atoms with E-state index in [1.165, 1.54) is 11.3 Å². The standard InChI is InChI=1S/C23H28N4O2S/c1-27(22(28)11-13-24-23(29)19-12-15-30-17-19)14-7-3-6-10-20-16-21(26-25-20)18-8-4-2-5-9-18/h2,4-5,8-9,12,15-17H,3,6-7,10-11,13-14H2,1H3,(H,24,29)(H,25,26). The van der Waals surface area contributed by atoms with Crippen LogP contribution in [0.4, 0.5) is 0 Å². The van der Waals surface area contributed by atoms with Gasteiger partial charge in [-0.2, -0.15) is 16.4 Å². The van der Waals surface area contributed by atoms with Crippen molar-refractivity contribution in [1.29, 1.82) is 0 Å². The molecule has 7 heteroatoms. The number of aromatic amines is 1. The Morgan fingerprint density at radius 1 is 1.13 bits per heavy atom. The predicted molar refractivity (Wildman–Crippen MR) is 120 cm³/mol. The number of hydrogen-bond acceptors (Lipinski definition) is 4. The molecule has 2 heterocycles. The molecule has 158 valence electrons. The third-order valence-corrected chi connectivity index (χ3v) is 5.66. The second-order valence-corrected chi connectivity index (χ2v) is 8.07. The fourth-order valence-electron chi connectivity index (χ4n) is 3.18. The molecule has 0 aliphatic rings. The molecule has 0 saturated carbocycles. The van der Waals surface area contributed by atoms with Crippen molar-refractivity contribution in [2.45, 2.75) is 32.1 Å². The molecule has 1 aromatic carbocycles. The van der Waals surface area contributed by atoms with Gasteiger partial charge in [-0.3, -0.25) is 14.7 Å². The number of amides is 2. The van der Waals surface area contributed by atoms with E-state index in [9.17, 15) is 9.59 Å². The lowest BCUT2D eigenvalue weighted by Gasteiger charge is -2.17. The van der Waals surface area contributed by atoms with Gasteiger partial charge in [0.05, 0.1) is 5.69 Å². The number of benzene rings is 1. The highest BCUT2D eigenvalue weighted by Crippen LogP contribution is 2.18. The summed E-state index contributed by atoms with van der Waals surface area (Å²) in [6, 6.07) is 14.0. The van der Waals surface area contributed by atoms with Crippen molar-refractivity contribution in [3.05, 3.63) is 64.5 Å². The molecule has 0 aliphatic carbocycles. The number of carbonyl (C=O) groups is 2. The molecule has 2 N–H and O–H groups in total. The Hall–Kier alpha value is -2.93. The van der Waals surface area contributed by atoms with Gasteiger partial charge in [0.2, 0.25) is 5.91 Å². The number of hydrogen-bond donors (Lipinski definition) is 2. The van der Waals surface area contributed by atoms with Crippen molar-refractivity contribution in [1.82, 2.24) is 20.4 Å². The Kier molecular flexibility index (Phi) is 8.20. The van der Waals surface area contributed by atoms with Gasteiger partial charge < -0.3 is 10.2 Å². The first kappa shape index (κ1) is 21.8. The summed E-state index contributed by atoms with van der Waals surface area (Å²) < 4.78 is 0. The monoisotopic (exact) mass is 424 g/mol. The summed E-state index contributed by atoms with van der Waals surface area (Å²) in [7, 11) is 1.82. The van der Waals surface area contributed by atoms with Crippen LogP contribution in [-0.4, -0.2) is 47.0 Å². The largest absolute Gasteiger partial charge is 0.351 e. The lowest BCUT2D eigenvalue weighted by molar-refractivity contribution is -0.129. The van der Waals surface area contributed by atoms with E-state index in [4.69, 9.17) is 0 Å². The van der Waals surface area contributed by atoms with E-state index in [0.29, 0.717) is 18.5 Å². The predicted octanol–water partition coefficient (Wildman–Crippen LogP) is 4.13. The van der Waals surface area contributed by atoms with Crippen molar-refractivity contribution in [3.63, 3.8) is 0 Å². The normalized spacial score (nSPS) is 10.7. The quantitative estimate of drug-likeness (QED) is 0.454. The van der Waals surface area contributed by atoms with Crippen molar-refractivity contribution in [2.75, 3.05) is 20.1 Å². The number of aromatic nitrogens is 2. The molecular formula is C23H28N4O2S. The second-order valence-electron chi connectivity index (χ2n) is 7.29. The van der Waals surface area contributed by atoms with Crippen molar-refractivity contribution in [2.24, 2.45) is 0 Å². The summed E-state index contributed by atoms with van der Waals surface area (Å²) >= 11 is 1.48. The molecule has 0 unspecified atom stereocenters. The maximum atomic E-state index is 12.2. The zero-order valence-electron chi connectivity index (χ0n) is 17.3. The number of nitrogens with one attached hydrogen (secondary N) is 2. The number of rotatable bonds is 11. The van der Waals surface area contributed by atoms with Crippen LogP contribution < -0.4 is 5.32 Å². The van der Waals surface area contributed by atoms with E-state index < -0.39 is 0 Å². The molecule has 0 spiro atoms. The third-order valence-electron chi connectivity index (χ3n) is 4.97. The van der Waals surface area contributed by atoms with E-state index in [0.717, 1.165) is 49.2 Å². The second kappa shape index (κ2) is 11.3. The molecule has 30 heavy (non-hydrogen) atoms. The molecule has 0 saturated heterocycles. The Balaban J connectivity index is 1.27. The SMILES string of the molecule is CN(CCCCCc1cc(-c2ccccc2)n[nH]1)C(=O)CCNC(=O)c1ccsc1. The van der Waals surface area contributed by atoms with Crippen LogP contribution in [0.3, 0.4) is 0 Å². The first-order valence-corrected chi connectivity index (χ1v) is 11.2. The molecule has 0 aliphatic heterocycles. The highest BCUT2D eigenvalue weighted by Gasteiger charge is 2.10. The van der Waals surface area contributed by atoms with E-state index in [-0.39, 0.29) is 11.8 Å². The Bertz CT molecular complexity index is 922. The number of unbranched alkanes of at least 4 members (excludes halogenated alkanes) is 2. The van der Waals surface area contributed by atoms with E-state index in [2.05, 4.69) is 33.7 Å². The van der Waals surface area contributed by atoms with E-state index in [1.54, 1.807) is 16.3 Å². The highest BCUT2D eigenvalue weighted by molar-refractivity contribution is 7.08. The Morgan fingerprint density at radius 2 is 1.97 bits per heavy atom. The van der Waals surface area contributed by atoms with Gasteiger partial charge in [-0.1, -0.05) is 36.8 Å².